The highest BCUT2D eigenvalue weighted by molar-refractivity contribution is 6.34. The van der Waals surface area contributed by atoms with Crippen molar-refractivity contribution in [3.63, 3.8) is 0 Å². The highest BCUT2D eigenvalue weighted by atomic mass is 35.5. The van der Waals surface area contributed by atoms with Crippen LogP contribution in [0.5, 0.6) is 0 Å². The zero-order chi connectivity index (χ0) is 11.1. The molecule has 3 heteroatoms. The molecule has 0 bridgehead atoms. The summed E-state index contributed by atoms with van der Waals surface area (Å²) in [6.45, 7) is 2.13. The summed E-state index contributed by atoms with van der Waals surface area (Å²) >= 11 is 11.8. The molecule has 0 spiro atoms. The van der Waals surface area contributed by atoms with Gasteiger partial charge in [-0.05, 0) is 42.5 Å². The van der Waals surface area contributed by atoms with Gasteiger partial charge >= 0.3 is 0 Å². The van der Waals surface area contributed by atoms with E-state index >= 15 is 0 Å². The van der Waals surface area contributed by atoms with Crippen LogP contribution >= 0.6 is 23.2 Å². The van der Waals surface area contributed by atoms with Crippen molar-refractivity contribution >= 4 is 23.2 Å². The molecule has 1 aromatic carbocycles. The van der Waals surface area contributed by atoms with E-state index in [1.165, 1.54) is 0 Å². The number of rotatable bonds is 3. The molecule has 0 amide bonds. The van der Waals surface area contributed by atoms with Gasteiger partial charge in [-0.3, -0.25) is 0 Å². The van der Waals surface area contributed by atoms with Crippen molar-refractivity contribution in [3.05, 3.63) is 33.8 Å². The van der Waals surface area contributed by atoms with Gasteiger partial charge < -0.3 is 5.11 Å². The van der Waals surface area contributed by atoms with Crippen molar-refractivity contribution in [3.8, 4) is 0 Å². The molecular formula is C12H14Cl2O. The van der Waals surface area contributed by atoms with Crippen LogP contribution < -0.4 is 0 Å². The first-order valence-electron chi connectivity index (χ1n) is 5.25. The van der Waals surface area contributed by atoms with Gasteiger partial charge in [0, 0.05) is 10.0 Å². The lowest BCUT2D eigenvalue weighted by molar-refractivity contribution is 0.129. The van der Waals surface area contributed by atoms with Gasteiger partial charge in [-0.2, -0.15) is 0 Å². The Kier molecular flexibility index (Phi) is 2.98. The van der Waals surface area contributed by atoms with Crippen molar-refractivity contribution in [2.45, 2.75) is 31.8 Å². The standard InChI is InChI=1S/C12H14Cl2O/c1-2-3-8-7-12(8,15)9-4-10(13)6-11(14)5-9/h4-6,8,15H,2-3,7H2,1H3. The van der Waals surface area contributed by atoms with E-state index in [9.17, 15) is 5.11 Å². The van der Waals surface area contributed by atoms with E-state index < -0.39 is 5.60 Å². The van der Waals surface area contributed by atoms with Crippen molar-refractivity contribution in [2.24, 2.45) is 5.92 Å². The Balaban J connectivity index is 2.24. The van der Waals surface area contributed by atoms with Crippen molar-refractivity contribution in [2.75, 3.05) is 0 Å². The summed E-state index contributed by atoms with van der Waals surface area (Å²) in [6.07, 6.45) is 2.99. The first-order chi connectivity index (χ1) is 7.06. The molecule has 82 valence electrons. The maximum atomic E-state index is 10.3. The second-order valence-corrected chi connectivity index (χ2v) is 5.14. The molecule has 1 nitrogen and oxygen atoms in total. The first kappa shape index (κ1) is 11.3. The van der Waals surface area contributed by atoms with Gasteiger partial charge in [0.05, 0.1) is 5.60 Å². The fraction of sp³-hybridized carbons (Fsp3) is 0.500. The molecule has 1 aliphatic rings. The third kappa shape index (κ3) is 2.15. The smallest absolute Gasteiger partial charge is 0.0930 e. The van der Waals surface area contributed by atoms with Crippen molar-refractivity contribution in [1.82, 2.24) is 0 Å². The number of hydrogen-bond donors (Lipinski definition) is 1. The minimum absolute atomic E-state index is 0.372. The van der Waals surface area contributed by atoms with E-state index in [2.05, 4.69) is 6.92 Å². The van der Waals surface area contributed by atoms with Crippen LogP contribution in [0.2, 0.25) is 10.0 Å². The Morgan fingerprint density at radius 1 is 1.33 bits per heavy atom. The van der Waals surface area contributed by atoms with E-state index in [0.29, 0.717) is 16.0 Å². The summed E-state index contributed by atoms with van der Waals surface area (Å²) in [7, 11) is 0. The molecule has 1 aromatic rings. The van der Waals surface area contributed by atoms with Gasteiger partial charge in [0.2, 0.25) is 0 Å². The highest BCUT2D eigenvalue weighted by Gasteiger charge is 2.53. The summed E-state index contributed by atoms with van der Waals surface area (Å²) in [5.41, 5.74) is 0.184. The average molecular weight is 245 g/mol. The van der Waals surface area contributed by atoms with Crippen LogP contribution in [0.3, 0.4) is 0 Å². The Morgan fingerprint density at radius 3 is 2.47 bits per heavy atom. The van der Waals surface area contributed by atoms with Gasteiger partial charge in [-0.15, -0.1) is 0 Å². The minimum atomic E-state index is -0.676. The summed E-state index contributed by atoms with van der Waals surface area (Å²) in [4.78, 5) is 0. The fourth-order valence-corrected chi connectivity index (χ4v) is 2.69. The lowest BCUT2D eigenvalue weighted by Crippen LogP contribution is -2.08. The zero-order valence-corrected chi connectivity index (χ0v) is 10.1. The summed E-state index contributed by atoms with van der Waals surface area (Å²) in [6, 6.07) is 5.30. The zero-order valence-electron chi connectivity index (χ0n) is 8.63. The Morgan fingerprint density at radius 2 is 1.93 bits per heavy atom. The molecule has 1 fully saturated rings. The monoisotopic (exact) mass is 244 g/mol. The molecule has 0 aliphatic heterocycles. The second-order valence-electron chi connectivity index (χ2n) is 4.27. The summed E-state index contributed by atoms with van der Waals surface area (Å²) < 4.78 is 0. The van der Waals surface area contributed by atoms with Crippen LogP contribution in [0, 0.1) is 5.92 Å². The molecule has 1 saturated carbocycles. The molecule has 15 heavy (non-hydrogen) atoms. The predicted octanol–water partition coefficient (Wildman–Crippen LogP) is 4.00. The van der Waals surface area contributed by atoms with Crippen LogP contribution in [0.15, 0.2) is 18.2 Å². The predicted molar refractivity (Wildman–Crippen MR) is 63.4 cm³/mol. The van der Waals surface area contributed by atoms with Crippen LogP contribution in [-0.4, -0.2) is 5.11 Å². The SMILES string of the molecule is CCCC1CC1(O)c1cc(Cl)cc(Cl)c1. The van der Waals surface area contributed by atoms with Gasteiger partial charge in [0.25, 0.3) is 0 Å². The van der Waals surface area contributed by atoms with E-state index in [1.807, 2.05) is 12.1 Å². The normalized spacial score (nSPS) is 29.2. The summed E-state index contributed by atoms with van der Waals surface area (Å²) in [5, 5.41) is 11.5. The van der Waals surface area contributed by atoms with Crippen LogP contribution in [-0.2, 0) is 5.60 Å². The molecule has 1 aliphatic carbocycles. The van der Waals surface area contributed by atoms with Gasteiger partial charge in [0.1, 0.15) is 0 Å². The van der Waals surface area contributed by atoms with E-state index in [1.54, 1.807) is 6.07 Å². The van der Waals surface area contributed by atoms with E-state index in [4.69, 9.17) is 23.2 Å². The lowest BCUT2D eigenvalue weighted by atomic mass is 10.0. The topological polar surface area (TPSA) is 20.2 Å². The van der Waals surface area contributed by atoms with E-state index in [0.717, 1.165) is 24.8 Å². The molecule has 0 radical (unpaired) electrons. The molecule has 0 heterocycles. The molecule has 2 rings (SSSR count). The Hall–Kier alpha value is -0.240. The highest BCUT2D eigenvalue weighted by Crippen LogP contribution is 2.54. The number of aliphatic hydroxyl groups is 1. The molecule has 2 unspecified atom stereocenters. The number of halogens is 2. The molecule has 0 aromatic heterocycles. The summed E-state index contributed by atoms with van der Waals surface area (Å²) in [5.74, 6) is 0.372. The van der Waals surface area contributed by atoms with Crippen LogP contribution in [0.25, 0.3) is 0 Å². The van der Waals surface area contributed by atoms with Gasteiger partial charge in [-0.1, -0.05) is 36.5 Å². The molecule has 0 saturated heterocycles. The fourth-order valence-electron chi connectivity index (χ4n) is 2.16. The second kappa shape index (κ2) is 3.97. The molecule has 1 N–H and O–H groups in total. The van der Waals surface area contributed by atoms with Crippen LogP contribution in [0.1, 0.15) is 31.7 Å². The first-order valence-corrected chi connectivity index (χ1v) is 6.01. The van der Waals surface area contributed by atoms with Gasteiger partial charge in [-0.25, -0.2) is 0 Å². The Bertz CT molecular complexity index is 358. The maximum Gasteiger partial charge on any atom is 0.0930 e. The molecular weight excluding hydrogens is 231 g/mol. The van der Waals surface area contributed by atoms with Crippen LogP contribution in [0.4, 0.5) is 0 Å². The van der Waals surface area contributed by atoms with Crippen molar-refractivity contribution in [1.29, 1.82) is 0 Å². The van der Waals surface area contributed by atoms with Gasteiger partial charge in [0.15, 0.2) is 0 Å². The van der Waals surface area contributed by atoms with Crippen molar-refractivity contribution < 1.29 is 5.11 Å². The Labute approximate surface area is 100 Å². The third-order valence-corrected chi connectivity index (χ3v) is 3.51. The maximum absolute atomic E-state index is 10.3. The molecule has 2 atom stereocenters. The van der Waals surface area contributed by atoms with E-state index in [-0.39, 0.29) is 0 Å². The lowest BCUT2D eigenvalue weighted by Gasteiger charge is -2.11. The quantitative estimate of drug-likeness (QED) is 0.853. The number of benzene rings is 1. The third-order valence-electron chi connectivity index (χ3n) is 3.07. The average Bonchev–Trinajstić information content (AvgIpc) is 2.77. The minimum Gasteiger partial charge on any atom is -0.385 e. The largest absolute Gasteiger partial charge is 0.385 e. The number of hydrogen-bond acceptors (Lipinski definition) is 1.